The number of carbonyl (C=O) groups excluding carboxylic acids is 2. The summed E-state index contributed by atoms with van der Waals surface area (Å²) in [7, 11) is 0. The second kappa shape index (κ2) is 7.33. The molecule has 3 heterocycles. The second-order valence-corrected chi connectivity index (χ2v) is 8.99. The van der Waals surface area contributed by atoms with Crippen LogP contribution in [0.25, 0.3) is 10.6 Å². The molecule has 4 rings (SSSR count). The molecule has 1 aliphatic carbocycles. The quantitative estimate of drug-likeness (QED) is 0.669. The van der Waals surface area contributed by atoms with Crippen LogP contribution >= 0.6 is 22.7 Å². The summed E-state index contributed by atoms with van der Waals surface area (Å²) >= 11 is 2.95. The number of aryl methyl sites for hydroxylation is 2. The third-order valence-electron chi connectivity index (χ3n) is 4.57. The van der Waals surface area contributed by atoms with Crippen LogP contribution in [0.4, 0.5) is 5.00 Å². The van der Waals surface area contributed by atoms with Gasteiger partial charge in [0, 0.05) is 15.8 Å². The molecule has 0 aromatic carbocycles. The van der Waals surface area contributed by atoms with Gasteiger partial charge in [0.05, 0.1) is 10.4 Å². The van der Waals surface area contributed by atoms with Crippen molar-refractivity contribution >= 4 is 39.5 Å². The van der Waals surface area contributed by atoms with Gasteiger partial charge in [0.2, 0.25) is 5.91 Å². The SMILES string of the molecule is Cc1ccc(-c2ccc(=O)n(CC(=O)Nc3sc4c(c3C(N)=O)CCC4)n2)s1. The van der Waals surface area contributed by atoms with E-state index in [1.54, 1.807) is 17.4 Å². The summed E-state index contributed by atoms with van der Waals surface area (Å²) in [6.07, 6.45) is 2.67. The molecule has 3 aromatic rings. The van der Waals surface area contributed by atoms with Crippen LogP contribution in [0.2, 0.25) is 0 Å². The molecular weight excluding hydrogens is 396 g/mol. The van der Waals surface area contributed by atoms with Crippen LogP contribution in [-0.4, -0.2) is 21.6 Å². The van der Waals surface area contributed by atoms with Gasteiger partial charge in [0.15, 0.2) is 0 Å². The van der Waals surface area contributed by atoms with E-state index >= 15 is 0 Å². The minimum atomic E-state index is -0.542. The lowest BCUT2D eigenvalue weighted by Crippen LogP contribution is -2.29. The predicted molar refractivity (Wildman–Crippen MR) is 110 cm³/mol. The van der Waals surface area contributed by atoms with Crippen molar-refractivity contribution in [3.05, 3.63) is 55.5 Å². The molecule has 2 amide bonds. The molecule has 0 unspecified atom stereocenters. The summed E-state index contributed by atoms with van der Waals surface area (Å²) in [6.45, 7) is 1.75. The van der Waals surface area contributed by atoms with Crippen LogP contribution in [0.3, 0.4) is 0 Å². The molecule has 0 saturated carbocycles. The molecule has 0 spiro atoms. The van der Waals surface area contributed by atoms with Crippen molar-refractivity contribution in [1.29, 1.82) is 0 Å². The van der Waals surface area contributed by atoms with E-state index in [1.165, 1.54) is 17.4 Å². The van der Waals surface area contributed by atoms with Gasteiger partial charge in [-0.1, -0.05) is 0 Å². The molecule has 0 aliphatic heterocycles. The summed E-state index contributed by atoms with van der Waals surface area (Å²) in [5, 5.41) is 7.51. The number of anilines is 1. The molecule has 28 heavy (non-hydrogen) atoms. The Morgan fingerprint density at radius 3 is 2.75 bits per heavy atom. The van der Waals surface area contributed by atoms with Crippen molar-refractivity contribution in [2.45, 2.75) is 32.7 Å². The van der Waals surface area contributed by atoms with Crippen molar-refractivity contribution in [3.63, 3.8) is 0 Å². The first-order chi connectivity index (χ1) is 13.4. The molecule has 144 valence electrons. The van der Waals surface area contributed by atoms with Gasteiger partial charge < -0.3 is 11.1 Å². The summed E-state index contributed by atoms with van der Waals surface area (Å²) in [4.78, 5) is 39.7. The molecule has 0 bridgehead atoms. The fourth-order valence-electron chi connectivity index (χ4n) is 3.32. The molecule has 0 saturated heterocycles. The van der Waals surface area contributed by atoms with E-state index in [-0.39, 0.29) is 12.1 Å². The number of primary amides is 1. The number of fused-ring (bicyclic) bond motifs is 1. The van der Waals surface area contributed by atoms with Gasteiger partial charge in [-0.3, -0.25) is 14.4 Å². The molecule has 0 radical (unpaired) electrons. The Kier molecular flexibility index (Phi) is 4.86. The maximum atomic E-state index is 12.5. The third-order valence-corrected chi connectivity index (χ3v) is 6.80. The number of hydrogen-bond donors (Lipinski definition) is 2. The first-order valence-corrected chi connectivity index (χ1v) is 10.4. The van der Waals surface area contributed by atoms with Crippen molar-refractivity contribution in [2.24, 2.45) is 5.73 Å². The topological polar surface area (TPSA) is 107 Å². The lowest BCUT2D eigenvalue weighted by molar-refractivity contribution is -0.116. The zero-order valence-electron chi connectivity index (χ0n) is 15.2. The normalized spacial score (nSPS) is 12.8. The molecule has 1 aliphatic rings. The van der Waals surface area contributed by atoms with Crippen molar-refractivity contribution in [3.8, 4) is 10.6 Å². The van der Waals surface area contributed by atoms with E-state index in [2.05, 4.69) is 10.4 Å². The van der Waals surface area contributed by atoms with E-state index in [1.807, 2.05) is 19.1 Å². The van der Waals surface area contributed by atoms with Crippen molar-refractivity contribution in [2.75, 3.05) is 5.32 Å². The van der Waals surface area contributed by atoms with Crippen LogP contribution in [0.1, 0.15) is 32.1 Å². The maximum absolute atomic E-state index is 12.5. The van der Waals surface area contributed by atoms with E-state index in [0.29, 0.717) is 16.3 Å². The van der Waals surface area contributed by atoms with Crippen LogP contribution < -0.4 is 16.6 Å². The van der Waals surface area contributed by atoms with Gasteiger partial charge in [0.25, 0.3) is 11.5 Å². The number of hydrogen-bond acceptors (Lipinski definition) is 6. The lowest BCUT2D eigenvalue weighted by Gasteiger charge is -2.08. The Morgan fingerprint density at radius 1 is 1.21 bits per heavy atom. The van der Waals surface area contributed by atoms with Crippen LogP contribution in [0, 0.1) is 6.92 Å². The van der Waals surface area contributed by atoms with E-state index in [4.69, 9.17) is 5.73 Å². The summed E-state index contributed by atoms with van der Waals surface area (Å²) in [5.41, 5.74) is 7.13. The second-order valence-electron chi connectivity index (χ2n) is 6.60. The Hall–Kier alpha value is -2.78. The van der Waals surface area contributed by atoms with E-state index < -0.39 is 11.8 Å². The number of nitrogens with zero attached hydrogens (tertiary/aromatic N) is 2. The lowest BCUT2D eigenvalue weighted by atomic mass is 10.1. The highest BCUT2D eigenvalue weighted by molar-refractivity contribution is 7.17. The largest absolute Gasteiger partial charge is 0.365 e. The number of aromatic nitrogens is 2. The summed E-state index contributed by atoms with van der Waals surface area (Å²) < 4.78 is 1.13. The number of amides is 2. The first kappa shape index (κ1) is 18.6. The van der Waals surface area contributed by atoms with E-state index in [9.17, 15) is 14.4 Å². The highest BCUT2D eigenvalue weighted by atomic mass is 32.1. The molecule has 0 atom stereocenters. The molecular formula is C19H18N4O3S2. The molecule has 3 aromatic heterocycles. The molecule has 7 nitrogen and oxygen atoms in total. The zero-order valence-corrected chi connectivity index (χ0v) is 16.8. The minimum Gasteiger partial charge on any atom is -0.365 e. The summed E-state index contributed by atoms with van der Waals surface area (Å²) in [5.74, 6) is -0.961. The number of carbonyl (C=O) groups is 2. The fourth-order valence-corrected chi connectivity index (χ4v) is 5.46. The molecule has 9 heteroatoms. The van der Waals surface area contributed by atoms with Gasteiger partial charge in [-0.25, -0.2) is 4.68 Å². The van der Waals surface area contributed by atoms with Gasteiger partial charge in [-0.15, -0.1) is 22.7 Å². The number of nitrogens with one attached hydrogen (secondary N) is 1. The Balaban J connectivity index is 1.57. The fraction of sp³-hybridized carbons (Fsp3) is 0.263. The highest BCUT2D eigenvalue weighted by Gasteiger charge is 2.26. The summed E-state index contributed by atoms with van der Waals surface area (Å²) in [6, 6.07) is 6.96. The van der Waals surface area contributed by atoms with Crippen LogP contribution in [0.5, 0.6) is 0 Å². The van der Waals surface area contributed by atoms with Crippen molar-refractivity contribution < 1.29 is 9.59 Å². The van der Waals surface area contributed by atoms with Crippen molar-refractivity contribution in [1.82, 2.24) is 9.78 Å². The Bertz CT molecular complexity index is 1140. The predicted octanol–water partition coefficient (Wildman–Crippen LogP) is 2.57. The smallest absolute Gasteiger partial charge is 0.267 e. The molecule has 3 N–H and O–H groups in total. The van der Waals surface area contributed by atoms with E-state index in [0.717, 1.165) is 44.1 Å². The van der Waals surface area contributed by atoms with Crippen LogP contribution in [0.15, 0.2) is 29.1 Å². The number of nitrogens with two attached hydrogens (primary N) is 1. The average molecular weight is 415 g/mol. The minimum absolute atomic E-state index is 0.238. The number of thiophene rings is 2. The van der Waals surface area contributed by atoms with Gasteiger partial charge >= 0.3 is 0 Å². The van der Waals surface area contributed by atoms with Gasteiger partial charge in [-0.05, 0) is 49.9 Å². The monoisotopic (exact) mass is 414 g/mol. The maximum Gasteiger partial charge on any atom is 0.267 e. The first-order valence-electron chi connectivity index (χ1n) is 8.81. The van der Waals surface area contributed by atoms with Gasteiger partial charge in [-0.2, -0.15) is 5.10 Å². The van der Waals surface area contributed by atoms with Gasteiger partial charge in [0.1, 0.15) is 17.2 Å². The molecule has 0 fully saturated rings. The Labute approximate surface area is 168 Å². The number of rotatable bonds is 5. The standard InChI is InChI=1S/C19H18N4O3S2/c1-10-5-7-14(27-10)12-6-8-16(25)23(22-12)9-15(24)21-19-17(18(20)26)11-3-2-4-13(11)28-19/h5-8H,2-4,9H2,1H3,(H2,20,26)(H,21,24). The third kappa shape index (κ3) is 3.50. The highest BCUT2D eigenvalue weighted by Crippen LogP contribution is 2.38. The Morgan fingerprint density at radius 2 is 2.04 bits per heavy atom. The van der Waals surface area contributed by atoms with Crippen LogP contribution in [-0.2, 0) is 24.2 Å². The average Bonchev–Trinajstić information content (AvgIpc) is 3.32. The zero-order chi connectivity index (χ0) is 19.8.